The first-order chi connectivity index (χ1) is 9.63. The average molecular weight is 319 g/mol. The first kappa shape index (κ1) is 15.6. The van der Waals surface area contributed by atoms with Gasteiger partial charge in [-0.1, -0.05) is 29.8 Å². The zero-order valence-electron chi connectivity index (χ0n) is 11.9. The number of nitrogens with zero attached hydrogens (tertiary/aromatic N) is 1. The minimum absolute atomic E-state index is 0. The fourth-order valence-corrected chi connectivity index (χ4v) is 2.44. The molecule has 0 saturated carbocycles. The molecule has 0 saturated heterocycles. The number of hydrogen-bond acceptors (Lipinski definition) is 2. The zero-order chi connectivity index (χ0) is 14.1. The van der Waals surface area contributed by atoms with E-state index in [1.165, 1.54) is 5.56 Å². The van der Waals surface area contributed by atoms with Gasteiger partial charge in [0.15, 0.2) is 0 Å². The van der Waals surface area contributed by atoms with Crippen molar-refractivity contribution in [3.63, 3.8) is 0 Å². The van der Waals surface area contributed by atoms with Gasteiger partial charge in [0, 0.05) is 27.5 Å². The molecule has 1 aromatic heterocycles. The molecular formula is C17H16Cl2N2. The molecule has 2 aromatic carbocycles. The van der Waals surface area contributed by atoms with E-state index in [2.05, 4.69) is 41.5 Å². The predicted molar refractivity (Wildman–Crippen MR) is 93.2 cm³/mol. The highest BCUT2D eigenvalue weighted by Crippen LogP contribution is 2.28. The molecular weight excluding hydrogens is 303 g/mol. The second-order valence-electron chi connectivity index (χ2n) is 4.91. The Bertz CT molecular complexity index is 768. The van der Waals surface area contributed by atoms with Crippen molar-refractivity contribution in [3.8, 4) is 0 Å². The van der Waals surface area contributed by atoms with E-state index in [0.29, 0.717) is 0 Å². The molecule has 0 aliphatic carbocycles. The largest absolute Gasteiger partial charge is 0.355 e. The van der Waals surface area contributed by atoms with Gasteiger partial charge in [-0.05, 0) is 49.7 Å². The number of aromatic nitrogens is 1. The number of hydrogen-bond donors (Lipinski definition) is 1. The normalized spacial score (nSPS) is 10.2. The van der Waals surface area contributed by atoms with E-state index in [1.807, 2.05) is 31.2 Å². The van der Waals surface area contributed by atoms with Crippen molar-refractivity contribution in [1.82, 2.24) is 4.98 Å². The highest BCUT2D eigenvalue weighted by atomic mass is 35.5. The van der Waals surface area contributed by atoms with Crippen LogP contribution in [0.2, 0.25) is 5.02 Å². The van der Waals surface area contributed by atoms with Crippen LogP contribution in [-0.4, -0.2) is 4.98 Å². The quantitative estimate of drug-likeness (QED) is 0.658. The molecule has 108 valence electrons. The number of para-hydroxylation sites is 1. The van der Waals surface area contributed by atoms with Crippen LogP contribution < -0.4 is 5.32 Å². The molecule has 4 heteroatoms. The van der Waals surface area contributed by atoms with Crippen molar-refractivity contribution in [3.05, 3.63) is 64.8 Å². The molecule has 0 radical (unpaired) electrons. The Balaban J connectivity index is 0.00000161. The second-order valence-corrected chi connectivity index (χ2v) is 5.35. The summed E-state index contributed by atoms with van der Waals surface area (Å²) in [4.78, 5) is 4.63. The van der Waals surface area contributed by atoms with Crippen molar-refractivity contribution in [2.75, 3.05) is 5.32 Å². The van der Waals surface area contributed by atoms with Crippen LogP contribution in [0.4, 0.5) is 11.4 Å². The number of fused-ring (bicyclic) bond motifs is 1. The van der Waals surface area contributed by atoms with Crippen LogP contribution in [0, 0.1) is 13.8 Å². The Morgan fingerprint density at radius 1 is 1.00 bits per heavy atom. The van der Waals surface area contributed by atoms with Gasteiger partial charge in [0.2, 0.25) is 0 Å². The van der Waals surface area contributed by atoms with E-state index in [0.717, 1.165) is 33.0 Å². The van der Waals surface area contributed by atoms with Gasteiger partial charge < -0.3 is 5.32 Å². The van der Waals surface area contributed by atoms with Crippen molar-refractivity contribution in [2.45, 2.75) is 13.8 Å². The van der Waals surface area contributed by atoms with Gasteiger partial charge >= 0.3 is 0 Å². The van der Waals surface area contributed by atoms with E-state index in [1.54, 1.807) is 0 Å². The molecule has 0 spiro atoms. The van der Waals surface area contributed by atoms with Crippen LogP contribution in [0.25, 0.3) is 10.9 Å². The average Bonchev–Trinajstić information content (AvgIpc) is 2.42. The summed E-state index contributed by atoms with van der Waals surface area (Å²) in [5, 5.41) is 5.31. The van der Waals surface area contributed by atoms with Gasteiger partial charge in [0.05, 0.1) is 5.52 Å². The minimum atomic E-state index is 0. The van der Waals surface area contributed by atoms with E-state index in [4.69, 9.17) is 11.6 Å². The van der Waals surface area contributed by atoms with Crippen molar-refractivity contribution < 1.29 is 0 Å². The Hall–Kier alpha value is -1.77. The third kappa shape index (κ3) is 3.29. The van der Waals surface area contributed by atoms with E-state index < -0.39 is 0 Å². The van der Waals surface area contributed by atoms with Crippen molar-refractivity contribution in [2.24, 2.45) is 0 Å². The number of pyridine rings is 1. The molecule has 0 amide bonds. The standard InChI is InChI=1S/C17H15ClN2.ClH/c1-11-4-3-5-15-16(10-12(2)19-17(11)15)20-14-8-6-13(18)7-9-14;/h3-10H,1-2H3,(H,19,20);1H. The van der Waals surface area contributed by atoms with Gasteiger partial charge in [-0.3, -0.25) is 4.98 Å². The van der Waals surface area contributed by atoms with Crippen molar-refractivity contribution in [1.29, 1.82) is 0 Å². The summed E-state index contributed by atoms with van der Waals surface area (Å²) in [5.41, 5.74) is 5.32. The smallest absolute Gasteiger partial charge is 0.0755 e. The molecule has 1 heterocycles. The molecule has 0 atom stereocenters. The minimum Gasteiger partial charge on any atom is -0.355 e. The van der Waals surface area contributed by atoms with Crippen LogP contribution in [0.5, 0.6) is 0 Å². The summed E-state index contributed by atoms with van der Waals surface area (Å²) < 4.78 is 0. The Labute approximate surface area is 135 Å². The first-order valence-electron chi connectivity index (χ1n) is 6.53. The SMILES string of the molecule is Cc1cc(Nc2ccc(Cl)cc2)c2cccc(C)c2n1.Cl. The van der Waals surface area contributed by atoms with E-state index in [-0.39, 0.29) is 12.4 Å². The monoisotopic (exact) mass is 318 g/mol. The summed E-state index contributed by atoms with van der Waals surface area (Å²) >= 11 is 5.92. The highest BCUT2D eigenvalue weighted by Gasteiger charge is 2.06. The van der Waals surface area contributed by atoms with Crippen molar-refractivity contribution >= 4 is 46.3 Å². The lowest BCUT2D eigenvalue weighted by Gasteiger charge is -2.12. The summed E-state index contributed by atoms with van der Waals surface area (Å²) in [7, 11) is 0. The molecule has 0 unspecified atom stereocenters. The molecule has 0 fully saturated rings. The molecule has 3 aromatic rings. The van der Waals surface area contributed by atoms with Gasteiger partial charge in [-0.25, -0.2) is 0 Å². The maximum absolute atomic E-state index is 5.92. The van der Waals surface area contributed by atoms with Gasteiger partial charge in [0.1, 0.15) is 0 Å². The van der Waals surface area contributed by atoms with Crippen LogP contribution in [-0.2, 0) is 0 Å². The predicted octanol–water partition coefficient (Wildman–Crippen LogP) is 5.67. The number of nitrogens with one attached hydrogen (secondary N) is 1. The molecule has 2 nitrogen and oxygen atoms in total. The van der Waals surface area contributed by atoms with Gasteiger partial charge in [0.25, 0.3) is 0 Å². The summed E-state index contributed by atoms with van der Waals surface area (Å²) in [6.07, 6.45) is 0. The second kappa shape index (κ2) is 6.33. The summed E-state index contributed by atoms with van der Waals surface area (Å²) in [5.74, 6) is 0. The third-order valence-corrected chi connectivity index (χ3v) is 3.54. The molecule has 21 heavy (non-hydrogen) atoms. The Kier molecular flexibility index (Phi) is 4.71. The van der Waals surface area contributed by atoms with Crippen LogP contribution >= 0.6 is 24.0 Å². The maximum Gasteiger partial charge on any atom is 0.0755 e. The van der Waals surface area contributed by atoms with Crippen LogP contribution in [0.1, 0.15) is 11.3 Å². The molecule has 1 N–H and O–H groups in total. The number of anilines is 2. The lowest BCUT2D eigenvalue weighted by atomic mass is 10.1. The lowest BCUT2D eigenvalue weighted by Crippen LogP contribution is -1.95. The molecule has 3 rings (SSSR count). The lowest BCUT2D eigenvalue weighted by molar-refractivity contribution is 1.24. The number of aryl methyl sites for hydroxylation is 2. The number of rotatable bonds is 2. The topological polar surface area (TPSA) is 24.9 Å². The molecule has 0 bridgehead atoms. The van der Waals surface area contributed by atoms with E-state index >= 15 is 0 Å². The van der Waals surface area contributed by atoms with Gasteiger partial charge in [-0.2, -0.15) is 0 Å². The molecule has 0 aliphatic rings. The fourth-order valence-electron chi connectivity index (χ4n) is 2.31. The summed E-state index contributed by atoms with van der Waals surface area (Å²) in [6.45, 7) is 4.10. The van der Waals surface area contributed by atoms with E-state index in [9.17, 15) is 0 Å². The van der Waals surface area contributed by atoms with Gasteiger partial charge in [-0.15, -0.1) is 12.4 Å². The molecule has 0 aliphatic heterocycles. The number of halogens is 2. The van der Waals surface area contributed by atoms with Crippen LogP contribution in [0.15, 0.2) is 48.5 Å². The summed E-state index contributed by atoms with van der Waals surface area (Å²) in [6, 6.07) is 16.0. The van der Waals surface area contributed by atoms with Crippen LogP contribution in [0.3, 0.4) is 0 Å². The maximum atomic E-state index is 5.92. The highest BCUT2D eigenvalue weighted by molar-refractivity contribution is 6.30. The third-order valence-electron chi connectivity index (χ3n) is 3.29. The first-order valence-corrected chi connectivity index (χ1v) is 6.91. The zero-order valence-corrected chi connectivity index (χ0v) is 13.4. The Morgan fingerprint density at radius 2 is 1.71 bits per heavy atom. The number of benzene rings is 2. The fraction of sp³-hybridized carbons (Fsp3) is 0.118. The Morgan fingerprint density at radius 3 is 2.43 bits per heavy atom.